The molecule has 21 heavy (non-hydrogen) atoms. The Kier molecular flexibility index (Phi) is 4.74. The van der Waals surface area contributed by atoms with Crippen LogP contribution in [-0.4, -0.2) is 28.4 Å². The first-order valence-electron chi connectivity index (χ1n) is 5.67. The predicted octanol–water partition coefficient (Wildman–Crippen LogP) is 2.35. The number of hydrogen-bond acceptors (Lipinski definition) is 6. The average Bonchev–Trinajstić information content (AvgIpc) is 2.49. The molecule has 0 aliphatic carbocycles. The smallest absolute Gasteiger partial charge is 0.270 e. The summed E-state index contributed by atoms with van der Waals surface area (Å²) < 4.78 is 5.50. The monoisotopic (exact) mass is 415 g/mol. The molecule has 0 aliphatic rings. The Balaban J connectivity index is 2.79. The van der Waals surface area contributed by atoms with Gasteiger partial charge in [0.05, 0.1) is 16.4 Å². The number of nitrogens with zero attached hydrogens (tertiary/aromatic N) is 2. The highest BCUT2D eigenvalue weighted by molar-refractivity contribution is 14.1. The summed E-state index contributed by atoms with van der Waals surface area (Å²) >= 11 is 3.19. The first kappa shape index (κ1) is 15.7. The van der Waals surface area contributed by atoms with Crippen molar-refractivity contribution in [3.8, 4) is 28.8 Å². The topological polar surface area (TPSA) is 99.0 Å². The van der Waals surface area contributed by atoms with E-state index in [0.29, 0.717) is 20.0 Å². The van der Waals surface area contributed by atoms with Crippen molar-refractivity contribution in [2.24, 2.45) is 0 Å². The molecule has 0 saturated carbocycles. The molecule has 1 aromatic carbocycles. The number of H-pyrrole nitrogens is 1. The van der Waals surface area contributed by atoms with E-state index in [1.165, 1.54) is 18.9 Å². The number of rotatable bonds is 3. The summed E-state index contributed by atoms with van der Waals surface area (Å²) in [5, 5.41) is 19.6. The summed E-state index contributed by atoms with van der Waals surface area (Å²) in [5.74, 6) is 0.267. The lowest BCUT2D eigenvalue weighted by Gasteiger charge is -2.11. The fraction of sp³-hybridized carbons (Fsp3) is 0.154. The molecule has 2 N–H and O–H groups in total. The van der Waals surface area contributed by atoms with Crippen molar-refractivity contribution in [3.05, 3.63) is 31.6 Å². The van der Waals surface area contributed by atoms with Gasteiger partial charge in [0.25, 0.3) is 5.56 Å². The summed E-state index contributed by atoms with van der Waals surface area (Å²) in [7, 11) is 1.45. The number of halogens is 1. The molecule has 0 saturated heterocycles. The molecule has 8 heteroatoms. The van der Waals surface area contributed by atoms with Gasteiger partial charge in [0.1, 0.15) is 11.6 Å². The molecule has 0 atom stereocenters. The molecule has 2 rings (SSSR count). The highest BCUT2D eigenvalue weighted by Crippen LogP contribution is 2.38. The van der Waals surface area contributed by atoms with E-state index in [4.69, 9.17) is 4.74 Å². The van der Waals surface area contributed by atoms with Gasteiger partial charge in [0, 0.05) is 5.56 Å². The van der Waals surface area contributed by atoms with Crippen LogP contribution in [0.15, 0.2) is 22.1 Å². The van der Waals surface area contributed by atoms with Crippen LogP contribution in [0.4, 0.5) is 0 Å². The molecule has 2 aromatic rings. The van der Waals surface area contributed by atoms with E-state index in [1.54, 1.807) is 18.4 Å². The molecular weight excluding hydrogens is 405 g/mol. The third-order valence-electron chi connectivity index (χ3n) is 2.76. The highest BCUT2D eigenvalue weighted by Gasteiger charge is 2.19. The number of phenolic OH excluding ortho intramolecular Hbond substituents is 1. The zero-order valence-electron chi connectivity index (χ0n) is 11.1. The zero-order chi connectivity index (χ0) is 15.6. The normalized spacial score (nSPS) is 10.2. The van der Waals surface area contributed by atoms with Crippen LogP contribution in [-0.2, 0) is 0 Å². The second-order valence-corrected chi connectivity index (χ2v) is 5.76. The number of nitriles is 1. The van der Waals surface area contributed by atoms with E-state index in [-0.39, 0.29) is 17.0 Å². The van der Waals surface area contributed by atoms with Crippen LogP contribution in [0.25, 0.3) is 11.3 Å². The van der Waals surface area contributed by atoms with Gasteiger partial charge >= 0.3 is 0 Å². The lowest BCUT2D eigenvalue weighted by molar-refractivity contribution is 0.372. The minimum absolute atomic E-state index is 0.0488. The van der Waals surface area contributed by atoms with Gasteiger partial charge in [-0.3, -0.25) is 4.79 Å². The van der Waals surface area contributed by atoms with Gasteiger partial charge < -0.3 is 14.8 Å². The van der Waals surface area contributed by atoms with Gasteiger partial charge in [-0.15, -0.1) is 0 Å². The van der Waals surface area contributed by atoms with E-state index in [2.05, 4.69) is 9.97 Å². The minimum Gasteiger partial charge on any atom is -0.504 e. The van der Waals surface area contributed by atoms with Crippen molar-refractivity contribution in [3.63, 3.8) is 0 Å². The fourth-order valence-electron chi connectivity index (χ4n) is 1.74. The molecular formula is C13H10IN3O3S. The molecule has 1 heterocycles. The molecule has 108 valence electrons. The average molecular weight is 415 g/mol. The van der Waals surface area contributed by atoms with Gasteiger partial charge in [-0.2, -0.15) is 5.26 Å². The van der Waals surface area contributed by atoms with E-state index in [9.17, 15) is 15.2 Å². The molecule has 6 nitrogen and oxygen atoms in total. The van der Waals surface area contributed by atoms with Gasteiger partial charge in [-0.1, -0.05) is 11.8 Å². The second kappa shape index (κ2) is 6.36. The van der Waals surface area contributed by atoms with E-state index in [0.717, 1.165) is 0 Å². The van der Waals surface area contributed by atoms with Crippen LogP contribution >= 0.6 is 34.4 Å². The van der Waals surface area contributed by atoms with Crippen molar-refractivity contribution in [2.75, 3.05) is 13.4 Å². The summed E-state index contributed by atoms with van der Waals surface area (Å²) in [6.45, 7) is 0. The maximum absolute atomic E-state index is 11.9. The maximum atomic E-state index is 11.9. The Labute approximate surface area is 138 Å². The highest BCUT2D eigenvalue weighted by atomic mass is 127. The molecule has 1 aromatic heterocycles. The number of thioether (sulfide) groups is 1. The van der Waals surface area contributed by atoms with Gasteiger partial charge in [-0.05, 0) is 41.0 Å². The van der Waals surface area contributed by atoms with E-state index in [1.807, 2.05) is 28.7 Å². The van der Waals surface area contributed by atoms with Crippen molar-refractivity contribution in [2.45, 2.75) is 5.16 Å². The van der Waals surface area contributed by atoms with Gasteiger partial charge in [0.2, 0.25) is 0 Å². The van der Waals surface area contributed by atoms with Gasteiger partial charge in [0.15, 0.2) is 16.7 Å². The molecule has 0 amide bonds. The Morgan fingerprint density at radius 2 is 2.24 bits per heavy atom. The molecule has 0 unspecified atom stereocenters. The maximum Gasteiger partial charge on any atom is 0.270 e. The number of nitrogens with one attached hydrogen (secondary N) is 1. The molecule has 0 radical (unpaired) electrons. The SMILES string of the molecule is COc1ccc(-c2nc(SC)[nH]c(=O)c2C#N)c(I)c1O. The number of aromatic amines is 1. The number of ether oxygens (including phenoxy) is 1. The Morgan fingerprint density at radius 1 is 1.52 bits per heavy atom. The van der Waals surface area contributed by atoms with Gasteiger partial charge in [-0.25, -0.2) is 4.98 Å². The number of benzene rings is 1. The lowest BCUT2D eigenvalue weighted by Crippen LogP contribution is -2.15. The standard InChI is InChI=1S/C13H10IN3O3S/c1-20-8-4-3-6(9(14)11(8)18)10-7(5-15)12(19)17-13(16-10)21-2/h3-4,18H,1-2H3,(H,16,17,19). The van der Waals surface area contributed by atoms with Crippen molar-refractivity contribution in [1.82, 2.24) is 9.97 Å². The van der Waals surface area contributed by atoms with Crippen LogP contribution < -0.4 is 10.3 Å². The number of phenols is 1. The van der Waals surface area contributed by atoms with E-state index >= 15 is 0 Å². The van der Waals surface area contributed by atoms with Crippen molar-refractivity contribution >= 4 is 34.4 Å². The Bertz CT molecular complexity index is 798. The quantitative estimate of drug-likeness (QED) is 0.454. The summed E-state index contributed by atoms with van der Waals surface area (Å²) in [4.78, 5) is 18.7. The fourth-order valence-corrected chi connectivity index (χ4v) is 2.82. The zero-order valence-corrected chi connectivity index (χ0v) is 14.1. The largest absolute Gasteiger partial charge is 0.504 e. The molecule has 0 bridgehead atoms. The first-order valence-corrected chi connectivity index (χ1v) is 7.98. The van der Waals surface area contributed by atoms with Crippen LogP contribution in [0, 0.1) is 14.9 Å². The molecule has 0 fully saturated rings. The number of aromatic nitrogens is 2. The number of hydrogen-bond donors (Lipinski definition) is 2. The van der Waals surface area contributed by atoms with Crippen LogP contribution in [0.2, 0.25) is 0 Å². The lowest BCUT2D eigenvalue weighted by atomic mass is 10.1. The van der Waals surface area contributed by atoms with Crippen LogP contribution in [0.3, 0.4) is 0 Å². The minimum atomic E-state index is -0.502. The summed E-state index contributed by atoms with van der Waals surface area (Å²) in [6.07, 6.45) is 1.77. The Morgan fingerprint density at radius 3 is 2.81 bits per heavy atom. The Hall–Kier alpha value is -1.73. The number of methoxy groups -OCH3 is 1. The summed E-state index contributed by atoms with van der Waals surface area (Å²) in [6, 6.07) is 5.08. The van der Waals surface area contributed by atoms with Crippen molar-refractivity contribution in [1.29, 1.82) is 5.26 Å². The predicted molar refractivity (Wildman–Crippen MR) is 87.7 cm³/mol. The van der Waals surface area contributed by atoms with Crippen molar-refractivity contribution < 1.29 is 9.84 Å². The second-order valence-electron chi connectivity index (χ2n) is 3.89. The van der Waals surface area contributed by atoms with Crippen LogP contribution in [0.1, 0.15) is 5.56 Å². The molecule has 0 spiro atoms. The summed E-state index contributed by atoms with van der Waals surface area (Å²) in [5.41, 5.74) is 0.160. The third-order valence-corrected chi connectivity index (χ3v) is 4.43. The van der Waals surface area contributed by atoms with Crippen LogP contribution in [0.5, 0.6) is 11.5 Å². The first-order chi connectivity index (χ1) is 10.0. The van der Waals surface area contributed by atoms with E-state index < -0.39 is 5.56 Å². The number of aromatic hydroxyl groups is 1. The molecule has 0 aliphatic heterocycles. The third kappa shape index (κ3) is 2.84.